The number of halogens is 22. The zero-order valence-electron chi connectivity index (χ0n) is 21.1. The van der Waals surface area contributed by atoms with Crippen molar-refractivity contribution in [1.82, 2.24) is 0 Å². The highest BCUT2D eigenvalue weighted by atomic mass is 35.6. The average molecular weight is 885 g/mol. The van der Waals surface area contributed by atoms with Gasteiger partial charge in [0.1, 0.15) is 21.8 Å². The Morgan fingerprint density at radius 3 is 0.881 bits per heavy atom. The SMILES string of the molecule is C=C(F)C(Cl)Cl.C=C(F)C(F)(F)F.C=C(F)CCl.C=C(F)CCl.CC(F)(Cl)C(Cl)(Cl)Cl.CC1(Cl)CC1(Cl)Cl.F.F.F.P. The van der Waals surface area contributed by atoms with Gasteiger partial charge < -0.3 is 0 Å². The van der Waals surface area contributed by atoms with Gasteiger partial charge in [-0.25, -0.2) is 22.0 Å². The van der Waals surface area contributed by atoms with Gasteiger partial charge in [0, 0.05) is 6.42 Å². The van der Waals surface area contributed by atoms with E-state index in [1.165, 1.54) is 0 Å². The number of rotatable bonds is 3. The van der Waals surface area contributed by atoms with Crippen molar-refractivity contribution in [2.45, 2.75) is 49.4 Å². The first-order chi connectivity index (χ1) is 16.3. The Balaban J connectivity index is -0.0000000440. The number of allylic oxidation sites excluding steroid dienone is 4. The van der Waals surface area contributed by atoms with Gasteiger partial charge in [0.2, 0.25) is 8.92 Å². The van der Waals surface area contributed by atoms with Crippen molar-refractivity contribution < 1.29 is 49.2 Å². The van der Waals surface area contributed by atoms with Crippen LogP contribution in [0.25, 0.3) is 0 Å². The molecule has 1 aliphatic carbocycles. The molecule has 0 saturated heterocycles. The molecule has 0 aromatic heterocycles. The molecule has 1 rings (SSSR count). The molecule has 0 aliphatic heterocycles. The molecule has 1 fully saturated rings. The van der Waals surface area contributed by atoms with E-state index in [-0.39, 0.29) is 40.6 Å². The minimum absolute atomic E-state index is 0. The van der Waals surface area contributed by atoms with Crippen LogP contribution in [0.4, 0.5) is 49.2 Å². The zero-order chi connectivity index (χ0) is 32.5. The molecule has 3 unspecified atom stereocenters. The lowest BCUT2D eigenvalue weighted by Crippen LogP contribution is -2.27. The fourth-order valence-electron chi connectivity index (χ4n) is 0.373. The summed E-state index contributed by atoms with van der Waals surface area (Å²) in [5.41, 5.74) is 0. The summed E-state index contributed by atoms with van der Waals surface area (Å²) in [7, 11) is 0. The highest BCUT2D eigenvalue weighted by Crippen LogP contribution is 2.60. The van der Waals surface area contributed by atoms with Gasteiger partial charge in [0.05, 0.1) is 16.6 Å². The van der Waals surface area contributed by atoms with Gasteiger partial charge in [-0.3, -0.25) is 14.1 Å². The first-order valence-electron chi connectivity index (χ1n) is 8.67. The maximum Gasteiger partial charge on any atom is 0.442 e. The molecule has 0 amide bonds. The van der Waals surface area contributed by atoms with Crippen molar-refractivity contribution in [3.63, 3.8) is 0 Å². The van der Waals surface area contributed by atoms with Crippen molar-refractivity contribution in [3.8, 4) is 0 Å². The van der Waals surface area contributed by atoms with Crippen LogP contribution in [0.2, 0.25) is 0 Å². The first kappa shape index (κ1) is 66.3. The summed E-state index contributed by atoms with van der Waals surface area (Å²) in [6.45, 7) is 13.4. The number of hydrogen-bond acceptors (Lipinski definition) is 0. The third-order valence-electron chi connectivity index (χ3n) is 2.52. The molecule has 1 aliphatic rings. The molecule has 0 N–H and O–H groups in total. The molecule has 3 atom stereocenters. The van der Waals surface area contributed by atoms with Crippen molar-refractivity contribution >= 4 is 138 Å². The summed E-state index contributed by atoms with van der Waals surface area (Å²) in [5.74, 6) is -4.09. The van der Waals surface area contributed by atoms with E-state index < -0.39 is 47.6 Å². The lowest BCUT2D eigenvalue weighted by atomic mass is 10.5. The van der Waals surface area contributed by atoms with Crippen LogP contribution in [0.5, 0.6) is 0 Å². The molecule has 262 valence electrons. The smallest absolute Gasteiger partial charge is 0.269 e. The van der Waals surface area contributed by atoms with Crippen LogP contribution in [0, 0.1) is 0 Å². The fourth-order valence-corrected chi connectivity index (χ4v) is 1.24. The van der Waals surface area contributed by atoms with E-state index >= 15 is 0 Å². The fraction of sp³-hybridized carbons (Fsp3) is 0.579. The van der Waals surface area contributed by atoms with Crippen LogP contribution in [0.3, 0.4) is 0 Å². The Labute approximate surface area is 295 Å². The van der Waals surface area contributed by atoms with E-state index in [2.05, 4.69) is 19.7 Å². The predicted octanol–water partition coefficient (Wildman–Crippen LogP) is 14.1. The van der Waals surface area contributed by atoms with Crippen LogP contribution < -0.4 is 0 Å². The lowest BCUT2D eigenvalue weighted by molar-refractivity contribution is -0.108. The highest BCUT2D eigenvalue weighted by molar-refractivity contribution is 6.92. The van der Waals surface area contributed by atoms with Crippen molar-refractivity contribution in [2.75, 3.05) is 11.8 Å². The van der Waals surface area contributed by atoms with Crippen molar-refractivity contribution in [3.05, 3.63) is 49.6 Å². The molecule has 0 aromatic carbocycles. The Morgan fingerprint density at radius 1 is 0.762 bits per heavy atom. The quantitative estimate of drug-likeness (QED) is 0.150. The Kier molecular flexibility index (Phi) is 47.6. The van der Waals surface area contributed by atoms with Crippen LogP contribution in [0.15, 0.2) is 49.6 Å². The maximum absolute atomic E-state index is 12.3. The topological polar surface area (TPSA) is 0 Å². The van der Waals surface area contributed by atoms with Crippen LogP contribution in [-0.2, 0) is 0 Å². The molecule has 42 heavy (non-hydrogen) atoms. The second-order valence-electron chi connectivity index (χ2n) is 6.42. The van der Waals surface area contributed by atoms with E-state index in [0.717, 1.165) is 6.92 Å². The van der Waals surface area contributed by atoms with Gasteiger partial charge in [-0.15, -0.1) is 34.8 Å². The lowest BCUT2D eigenvalue weighted by Gasteiger charge is -2.19. The second kappa shape index (κ2) is 30.2. The third kappa shape index (κ3) is 48.7. The molecule has 23 heteroatoms. The highest BCUT2D eigenvalue weighted by Gasteiger charge is 2.62. The summed E-state index contributed by atoms with van der Waals surface area (Å²) in [6, 6.07) is 0. The largest absolute Gasteiger partial charge is 0.442 e. The van der Waals surface area contributed by atoms with E-state index in [4.69, 9.17) is 128 Å². The molecule has 0 aromatic rings. The minimum Gasteiger partial charge on any atom is -0.269 e. The molecule has 0 bridgehead atoms. The van der Waals surface area contributed by atoms with Crippen LogP contribution >= 0.6 is 138 Å². The van der Waals surface area contributed by atoms with Gasteiger partial charge in [-0.2, -0.15) is 23.1 Å². The Bertz CT molecular complexity index is 686. The van der Waals surface area contributed by atoms with Crippen LogP contribution in [-0.4, -0.2) is 40.9 Å². The van der Waals surface area contributed by atoms with Crippen LogP contribution in [0.1, 0.15) is 20.3 Å². The van der Waals surface area contributed by atoms with E-state index in [0.29, 0.717) is 6.42 Å². The van der Waals surface area contributed by atoms with Gasteiger partial charge in [0.25, 0.3) is 0 Å². The zero-order valence-corrected chi connectivity index (χ0v) is 30.9. The number of hydrogen-bond donors (Lipinski definition) is 0. The molecule has 0 spiro atoms. The van der Waals surface area contributed by atoms with Gasteiger partial charge in [0.15, 0.2) is 10.7 Å². The average Bonchev–Trinajstić information content (AvgIpc) is 3.15. The minimum atomic E-state index is -4.86. The summed E-state index contributed by atoms with van der Waals surface area (Å²) in [6.07, 6.45) is -4.16. The predicted molar refractivity (Wildman–Crippen MR) is 172 cm³/mol. The molecular formula is C19H27Cl11F11P. The van der Waals surface area contributed by atoms with Gasteiger partial charge >= 0.3 is 6.18 Å². The maximum atomic E-state index is 12.3. The molecule has 0 heterocycles. The molecule has 0 nitrogen and oxygen atoms in total. The van der Waals surface area contributed by atoms with Crippen molar-refractivity contribution in [2.24, 2.45) is 0 Å². The Hall–Kier alpha value is 1.81. The molecule has 1 saturated carbocycles. The molecule has 0 radical (unpaired) electrons. The van der Waals surface area contributed by atoms with E-state index in [1.54, 1.807) is 0 Å². The van der Waals surface area contributed by atoms with E-state index in [1.807, 2.05) is 13.5 Å². The monoisotopic (exact) mass is 880 g/mol. The Morgan fingerprint density at radius 2 is 0.881 bits per heavy atom. The van der Waals surface area contributed by atoms with Crippen molar-refractivity contribution in [1.29, 1.82) is 0 Å². The second-order valence-corrected chi connectivity index (χ2v) is 13.4. The molecular weight excluding hydrogens is 858 g/mol. The normalized spacial score (nSPS) is 16.6. The van der Waals surface area contributed by atoms with E-state index in [9.17, 15) is 35.1 Å². The summed E-state index contributed by atoms with van der Waals surface area (Å²) in [5, 5.41) is -2.29. The summed E-state index contributed by atoms with van der Waals surface area (Å²) in [4.78, 5) is -1.42. The number of alkyl halides is 15. The summed E-state index contributed by atoms with van der Waals surface area (Å²) < 4.78 is 86.1. The first-order valence-corrected chi connectivity index (χ1v) is 13.3. The third-order valence-corrected chi connectivity index (χ3v) is 6.97. The van der Waals surface area contributed by atoms with Gasteiger partial charge in [-0.1, -0.05) is 119 Å². The van der Waals surface area contributed by atoms with Gasteiger partial charge in [-0.05, 0) is 13.8 Å². The standard InChI is InChI=1S/C4H5Cl3.C3H3Cl4F.C3H3Cl2F.2C3H4ClF.C3H2F4.3FH.H3P/c1-3(5)2-4(3,6)7;1-2(4,8)3(5,6)7;1-2(6)3(4)5;2*1-3(5)2-4;1-2(4)3(5,6)7;;;;/h2H2,1H3;1H3;3H,1H2;2*1-2H2;1H2;3*1H;1H3. The summed E-state index contributed by atoms with van der Waals surface area (Å²) >= 11 is 56.4.